The normalized spacial score (nSPS) is 19.5. The predicted molar refractivity (Wildman–Crippen MR) is 103 cm³/mol. The van der Waals surface area contributed by atoms with E-state index in [1.54, 1.807) is 24.3 Å². The Hall–Kier alpha value is -2.88. The maximum Gasteiger partial charge on any atom is 0.421 e. The molecule has 1 heterocycles. The number of amides is 1. The Morgan fingerprint density at radius 3 is 2.31 bits per heavy atom. The molecule has 0 aliphatic heterocycles. The minimum absolute atomic E-state index is 0.0172. The molecule has 7 nitrogen and oxygen atoms in total. The molecule has 1 aromatic carbocycles. The van der Waals surface area contributed by atoms with E-state index in [1.165, 1.54) is 6.92 Å². The number of rotatable bonds is 5. The van der Waals surface area contributed by atoms with Crippen LogP contribution in [0, 0.1) is 0 Å². The quantitative estimate of drug-likeness (QED) is 0.598. The van der Waals surface area contributed by atoms with E-state index in [2.05, 4.69) is 25.9 Å². The summed E-state index contributed by atoms with van der Waals surface area (Å²) in [5.41, 5.74) is 0.221. The van der Waals surface area contributed by atoms with Crippen molar-refractivity contribution in [3.63, 3.8) is 0 Å². The van der Waals surface area contributed by atoms with E-state index >= 15 is 0 Å². The van der Waals surface area contributed by atoms with Crippen LogP contribution < -0.4 is 16.0 Å². The van der Waals surface area contributed by atoms with Gasteiger partial charge in [0.2, 0.25) is 11.9 Å². The molecule has 1 amide bonds. The van der Waals surface area contributed by atoms with E-state index in [9.17, 15) is 23.1 Å². The molecule has 2 aromatic rings. The van der Waals surface area contributed by atoms with Gasteiger partial charge in [0.1, 0.15) is 11.4 Å². The Balaban J connectivity index is 1.78. The number of nitrogens with zero attached hydrogens (tertiary/aromatic N) is 2. The molecule has 1 aromatic heterocycles. The van der Waals surface area contributed by atoms with Crippen molar-refractivity contribution in [2.75, 3.05) is 16.0 Å². The van der Waals surface area contributed by atoms with Crippen LogP contribution in [0.1, 0.15) is 38.2 Å². The number of nitrogens with one attached hydrogen (secondary N) is 3. The highest BCUT2D eigenvalue weighted by molar-refractivity contribution is 5.88. The fourth-order valence-electron chi connectivity index (χ4n) is 3.14. The molecule has 0 spiro atoms. The second kappa shape index (κ2) is 8.64. The number of carbonyl (C=O) groups excluding carboxylic acids is 1. The van der Waals surface area contributed by atoms with Gasteiger partial charge in [0.05, 0.1) is 6.10 Å². The number of hydrogen-bond donors (Lipinski definition) is 4. The topological polar surface area (TPSA) is 99.2 Å². The van der Waals surface area contributed by atoms with E-state index in [-0.39, 0.29) is 23.7 Å². The monoisotopic (exact) mass is 409 g/mol. The first kappa shape index (κ1) is 20.8. The molecule has 3 rings (SSSR count). The van der Waals surface area contributed by atoms with Gasteiger partial charge in [-0.2, -0.15) is 18.2 Å². The summed E-state index contributed by atoms with van der Waals surface area (Å²) in [4.78, 5) is 18.9. The minimum atomic E-state index is -4.59. The average molecular weight is 409 g/mol. The van der Waals surface area contributed by atoms with Crippen LogP contribution in [0.3, 0.4) is 0 Å². The number of halogens is 3. The average Bonchev–Trinajstić information content (AvgIpc) is 2.64. The third-order valence-electron chi connectivity index (χ3n) is 4.59. The smallest absolute Gasteiger partial charge is 0.393 e. The first-order valence-corrected chi connectivity index (χ1v) is 9.24. The van der Waals surface area contributed by atoms with Gasteiger partial charge >= 0.3 is 6.18 Å². The van der Waals surface area contributed by atoms with E-state index in [4.69, 9.17) is 0 Å². The van der Waals surface area contributed by atoms with Crippen molar-refractivity contribution < 1.29 is 23.1 Å². The summed E-state index contributed by atoms with van der Waals surface area (Å²) in [6.45, 7) is 1.39. The summed E-state index contributed by atoms with van der Waals surface area (Å²) in [6, 6.07) is 6.42. The van der Waals surface area contributed by atoms with Crippen molar-refractivity contribution in [3.05, 3.63) is 36.0 Å². The number of aliphatic hydroxyl groups is 1. The number of aliphatic hydroxyl groups excluding tert-OH is 1. The van der Waals surface area contributed by atoms with Crippen LogP contribution in [0.15, 0.2) is 30.5 Å². The molecule has 0 atom stereocenters. The standard InChI is InChI=1S/C19H22F3N5O2/c1-11(28)24-12-2-4-14(5-3-12)26-18-23-10-16(19(20,21)22)17(27-18)25-13-6-8-15(29)9-7-13/h2-5,10,13,15,29H,6-9H2,1H3,(H,24,28)(H2,23,25,26,27)/t13-,15+. The molecule has 4 N–H and O–H groups in total. The Kier molecular flexibility index (Phi) is 6.21. The number of benzene rings is 1. The molecular weight excluding hydrogens is 387 g/mol. The van der Waals surface area contributed by atoms with Gasteiger partial charge in [0.15, 0.2) is 0 Å². The van der Waals surface area contributed by atoms with Crippen molar-refractivity contribution in [1.82, 2.24) is 9.97 Å². The molecule has 0 saturated heterocycles. The third-order valence-corrected chi connectivity index (χ3v) is 4.59. The van der Waals surface area contributed by atoms with E-state index in [0.717, 1.165) is 6.20 Å². The Bertz CT molecular complexity index is 850. The number of hydrogen-bond acceptors (Lipinski definition) is 6. The SMILES string of the molecule is CC(=O)Nc1ccc(Nc2ncc(C(F)(F)F)c(N[C@H]3CC[C@@H](O)CC3)n2)cc1. The lowest BCUT2D eigenvalue weighted by molar-refractivity contribution is -0.137. The summed E-state index contributed by atoms with van der Waals surface area (Å²) in [5.74, 6) is -0.474. The summed E-state index contributed by atoms with van der Waals surface area (Å²) >= 11 is 0. The maximum absolute atomic E-state index is 13.4. The lowest BCUT2D eigenvalue weighted by Gasteiger charge is -2.27. The van der Waals surface area contributed by atoms with Gasteiger partial charge in [-0.15, -0.1) is 0 Å². The molecular formula is C19H22F3N5O2. The van der Waals surface area contributed by atoms with Crippen LogP contribution in [0.5, 0.6) is 0 Å². The van der Waals surface area contributed by atoms with E-state index in [1.807, 2.05) is 0 Å². The van der Waals surface area contributed by atoms with Crippen LogP contribution in [0.4, 0.5) is 36.3 Å². The fourth-order valence-corrected chi connectivity index (χ4v) is 3.14. The maximum atomic E-state index is 13.4. The lowest BCUT2D eigenvalue weighted by Crippen LogP contribution is -2.29. The van der Waals surface area contributed by atoms with E-state index < -0.39 is 17.8 Å². The van der Waals surface area contributed by atoms with Gasteiger partial charge < -0.3 is 21.1 Å². The predicted octanol–water partition coefficient (Wildman–Crippen LogP) is 3.91. The van der Waals surface area contributed by atoms with Crippen LogP contribution in [-0.4, -0.2) is 33.1 Å². The first-order chi connectivity index (χ1) is 13.7. The molecule has 1 saturated carbocycles. The van der Waals surface area contributed by atoms with Crippen LogP contribution in [-0.2, 0) is 11.0 Å². The molecule has 0 bridgehead atoms. The van der Waals surface area contributed by atoms with Crippen molar-refractivity contribution in [1.29, 1.82) is 0 Å². The van der Waals surface area contributed by atoms with Gasteiger partial charge in [-0.1, -0.05) is 0 Å². The molecule has 156 valence electrons. The number of aromatic nitrogens is 2. The van der Waals surface area contributed by atoms with Crippen LogP contribution in [0.2, 0.25) is 0 Å². The number of alkyl halides is 3. The van der Waals surface area contributed by atoms with Gasteiger partial charge in [0, 0.05) is 30.5 Å². The Morgan fingerprint density at radius 1 is 1.10 bits per heavy atom. The second-order valence-corrected chi connectivity index (χ2v) is 6.99. The highest BCUT2D eigenvalue weighted by atomic mass is 19.4. The van der Waals surface area contributed by atoms with Gasteiger partial charge in [0.25, 0.3) is 0 Å². The summed E-state index contributed by atoms with van der Waals surface area (Å²) in [5, 5.41) is 17.9. The van der Waals surface area contributed by atoms with Crippen molar-refractivity contribution in [2.45, 2.75) is 50.9 Å². The molecule has 29 heavy (non-hydrogen) atoms. The van der Waals surface area contributed by atoms with E-state index in [0.29, 0.717) is 37.1 Å². The minimum Gasteiger partial charge on any atom is -0.393 e. The fraction of sp³-hybridized carbons (Fsp3) is 0.421. The van der Waals surface area contributed by atoms with Gasteiger partial charge in [-0.25, -0.2) is 4.98 Å². The van der Waals surface area contributed by atoms with Gasteiger partial charge in [-0.05, 0) is 49.9 Å². The van der Waals surface area contributed by atoms with Gasteiger partial charge in [-0.3, -0.25) is 4.79 Å². The first-order valence-electron chi connectivity index (χ1n) is 9.24. The molecule has 1 fully saturated rings. The molecule has 1 aliphatic carbocycles. The lowest BCUT2D eigenvalue weighted by atomic mass is 9.93. The zero-order valence-electron chi connectivity index (χ0n) is 15.8. The third kappa shape index (κ3) is 5.80. The largest absolute Gasteiger partial charge is 0.421 e. The molecule has 0 radical (unpaired) electrons. The highest BCUT2D eigenvalue weighted by Gasteiger charge is 2.36. The highest BCUT2D eigenvalue weighted by Crippen LogP contribution is 2.35. The Labute approximate surface area is 165 Å². The second-order valence-electron chi connectivity index (χ2n) is 6.99. The van der Waals surface area contributed by atoms with Crippen LogP contribution >= 0.6 is 0 Å². The van der Waals surface area contributed by atoms with Crippen molar-refractivity contribution in [2.24, 2.45) is 0 Å². The van der Waals surface area contributed by atoms with Crippen molar-refractivity contribution in [3.8, 4) is 0 Å². The summed E-state index contributed by atoms with van der Waals surface area (Å²) < 4.78 is 40.1. The molecule has 0 unspecified atom stereocenters. The Morgan fingerprint density at radius 2 is 1.72 bits per heavy atom. The van der Waals surface area contributed by atoms with Crippen molar-refractivity contribution >= 4 is 29.0 Å². The van der Waals surface area contributed by atoms with Crippen LogP contribution in [0.25, 0.3) is 0 Å². The number of carbonyl (C=O) groups is 1. The number of anilines is 4. The summed E-state index contributed by atoms with van der Waals surface area (Å²) in [6.07, 6.45) is -2.04. The molecule has 1 aliphatic rings. The zero-order chi connectivity index (χ0) is 21.0. The summed E-state index contributed by atoms with van der Waals surface area (Å²) in [7, 11) is 0. The molecule has 10 heteroatoms. The zero-order valence-corrected chi connectivity index (χ0v) is 15.8.